The first-order valence-corrected chi connectivity index (χ1v) is 9.36. The topological polar surface area (TPSA) is 70.6 Å². The number of piperidine rings is 1. The number of cyclic esters (lactones) is 1. The van der Waals surface area contributed by atoms with Crippen molar-refractivity contribution in [3.63, 3.8) is 0 Å². The fourth-order valence-corrected chi connectivity index (χ4v) is 3.63. The first-order valence-electron chi connectivity index (χ1n) is 9.36. The van der Waals surface area contributed by atoms with E-state index in [-0.39, 0.29) is 25.5 Å². The second kappa shape index (κ2) is 8.36. The number of hydrogen-bond donors (Lipinski definition) is 1. The molecule has 29 heavy (non-hydrogen) atoms. The lowest BCUT2D eigenvalue weighted by atomic mass is 9.88. The van der Waals surface area contributed by atoms with E-state index in [0.717, 1.165) is 0 Å². The van der Waals surface area contributed by atoms with Crippen molar-refractivity contribution in [3.05, 3.63) is 46.9 Å². The number of halogens is 1. The summed E-state index contributed by atoms with van der Waals surface area (Å²) in [7, 11) is 0. The summed E-state index contributed by atoms with van der Waals surface area (Å²) in [5, 5.41) is 2.60. The predicted octanol–water partition coefficient (Wildman–Crippen LogP) is 2.46. The van der Waals surface area contributed by atoms with Crippen LogP contribution in [0.1, 0.15) is 19.8 Å². The lowest BCUT2D eigenvalue weighted by Gasteiger charge is -2.33. The molecule has 1 atom stereocenters. The normalized spacial score (nSPS) is 20.6. The third-order valence-corrected chi connectivity index (χ3v) is 5.34. The van der Waals surface area contributed by atoms with Gasteiger partial charge >= 0.3 is 11.6 Å². The van der Waals surface area contributed by atoms with Crippen molar-refractivity contribution in [2.75, 3.05) is 42.5 Å². The maximum Gasteiger partial charge on any atom is 0.414 e. The number of rotatable bonds is 5. The molecule has 2 amide bonds. The molecule has 1 aromatic rings. The molecule has 3 rings (SSSR count). The predicted molar refractivity (Wildman–Crippen MR) is 105 cm³/mol. The Balaban J connectivity index is 1.67. The van der Waals surface area contributed by atoms with Crippen LogP contribution in [0.15, 0.2) is 18.2 Å². The maximum absolute atomic E-state index is 14.8. The standard InChI is InChI=1S/C20H22FN5O3/c1-14(27)24-11-16-12-26(19(28)29-16)15-4-5-18(17(21)10-15)25-8-6-20(23-3,7-9-25)13-22-2/h4-5,10,16H,6-9,11-13H2,1H3,(H,24,27)/t16-/m0/s1. The minimum Gasteiger partial charge on any atom is -0.442 e. The zero-order chi connectivity index (χ0) is 21.0. The van der Waals surface area contributed by atoms with E-state index in [1.54, 1.807) is 12.1 Å². The Labute approximate surface area is 168 Å². The highest BCUT2D eigenvalue weighted by Crippen LogP contribution is 2.33. The molecule has 0 aliphatic carbocycles. The Kier molecular flexibility index (Phi) is 5.88. The fraction of sp³-hybridized carbons (Fsp3) is 0.500. The molecule has 0 saturated carbocycles. The summed E-state index contributed by atoms with van der Waals surface area (Å²) < 4.78 is 20.0. The van der Waals surface area contributed by atoms with Crippen molar-refractivity contribution in [2.45, 2.75) is 31.4 Å². The number of nitrogens with one attached hydrogen (secondary N) is 1. The molecule has 0 radical (unpaired) electrons. The van der Waals surface area contributed by atoms with Crippen LogP contribution in [-0.2, 0) is 9.53 Å². The number of ether oxygens (including phenoxy) is 1. The van der Waals surface area contributed by atoms with E-state index >= 15 is 0 Å². The van der Waals surface area contributed by atoms with Crippen molar-refractivity contribution in [2.24, 2.45) is 0 Å². The van der Waals surface area contributed by atoms with Crippen LogP contribution >= 0.6 is 0 Å². The summed E-state index contributed by atoms with van der Waals surface area (Å²) >= 11 is 0. The number of benzene rings is 1. The van der Waals surface area contributed by atoms with Gasteiger partial charge in [0.05, 0.1) is 37.3 Å². The molecule has 0 bridgehead atoms. The van der Waals surface area contributed by atoms with Gasteiger partial charge < -0.3 is 24.6 Å². The van der Waals surface area contributed by atoms with E-state index in [0.29, 0.717) is 37.3 Å². The maximum atomic E-state index is 14.8. The van der Waals surface area contributed by atoms with Gasteiger partial charge in [0, 0.05) is 20.0 Å². The quantitative estimate of drug-likeness (QED) is 0.773. The van der Waals surface area contributed by atoms with Crippen LogP contribution in [0.25, 0.3) is 9.69 Å². The number of nitrogens with zero attached hydrogens (tertiary/aromatic N) is 4. The fourth-order valence-electron chi connectivity index (χ4n) is 3.63. The van der Waals surface area contributed by atoms with Gasteiger partial charge in [-0.3, -0.25) is 9.69 Å². The molecule has 1 aromatic carbocycles. The Morgan fingerprint density at radius 1 is 1.38 bits per heavy atom. The largest absolute Gasteiger partial charge is 0.442 e. The molecule has 0 unspecified atom stereocenters. The lowest BCUT2D eigenvalue weighted by Crippen LogP contribution is -2.44. The van der Waals surface area contributed by atoms with E-state index in [9.17, 15) is 14.0 Å². The van der Waals surface area contributed by atoms with Crippen LogP contribution in [0.4, 0.5) is 20.6 Å². The highest BCUT2D eigenvalue weighted by Gasteiger charge is 2.44. The van der Waals surface area contributed by atoms with Crippen molar-refractivity contribution >= 4 is 23.4 Å². The third-order valence-electron chi connectivity index (χ3n) is 5.34. The molecular formula is C20H22FN5O3. The minimum absolute atomic E-state index is 0.169. The monoisotopic (exact) mass is 399 g/mol. The van der Waals surface area contributed by atoms with E-state index in [1.165, 1.54) is 17.9 Å². The molecule has 2 aliphatic heterocycles. The lowest BCUT2D eigenvalue weighted by molar-refractivity contribution is -0.119. The summed E-state index contributed by atoms with van der Waals surface area (Å²) in [5.74, 6) is -0.670. The first-order chi connectivity index (χ1) is 13.9. The molecule has 9 heteroatoms. The van der Waals surface area contributed by atoms with Crippen molar-refractivity contribution in [1.29, 1.82) is 0 Å². The molecule has 2 heterocycles. The van der Waals surface area contributed by atoms with Crippen LogP contribution < -0.4 is 15.1 Å². The molecule has 1 N–H and O–H groups in total. The van der Waals surface area contributed by atoms with Gasteiger partial charge in [0.1, 0.15) is 11.9 Å². The second-order valence-electron chi connectivity index (χ2n) is 7.33. The number of carbonyl (C=O) groups excluding carboxylic acids is 2. The highest BCUT2D eigenvalue weighted by molar-refractivity contribution is 5.90. The average molecular weight is 399 g/mol. The van der Waals surface area contributed by atoms with Gasteiger partial charge in [-0.2, -0.15) is 0 Å². The Hall–Kier alpha value is -3.33. The molecule has 8 nitrogen and oxygen atoms in total. The number of hydrogen-bond acceptors (Lipinski definition) is 4. The highest BCUT2D eigenvalue weighted by atomic mass is 19.1. The average Bonchev–Trinajstić information content (AvgIpc) is 3.08. The van der Waals surface area contributed by atoms with Crippen LogP contribution in [0, 0.1) is 19.0 Å². The Bertz CT molecular complexity index is 883. The van der Waals surface area contributed by atoms with E-state index < -0.39 is 23.6 Å². The van der Waals surface area contributed by atoms with Crippen LogP contribution in [-0.4, -0.2) is 56.4 Å². The van der Waals surface area contributed by atoms with E-state index in [2.05, 4.69) is 15.0 Å². The number of amides is 2. The van der Waals surface area contributed by atoms with Crippen LogP contribution in [0.3, 0.4) is 0 Å². The molecule has 0 aromatic heterocycles. The smallest absolute Gasteiger partial charge is 0.414 e. The number of carbonyl (C=O) groups is 2. The SMILES string of the molecule is [C-]#[N+]CC1([N+]#[C-])CCN(c2ccc(N3C[C@H](CNC(C)=O)OC3=O)cc2F)CC1. The van der Waals surface area contributed by atoms with Gasteiger partial charge in [0.25, 0.3) is 6.54 Å². The van der Waals surface area contributed by atoms with E-state index in [4.69, 9.17) is 17.9 Å². The molecule has 152 valence electrons. The van der Waals surface area contributed by atoms with Crippen LogP contribution in [0.5, 0.6) is 0 Å². The van der Waals surface area contributed by atoms with Crippen molar-refractivity contribution in [1.82, 2.24) is 5.32 Å². The van der Waals surface area contributed by atoms with Gasteiger partial charge in [-0.25, -0.2) is 22.3 Å². The van der Waals surface area contributed by atoms with Gasteiger partial charge in [0.15, 0.2) is 0 Å². The second-order valence-corrected chi connectivity index (χ2v) is 7.33. The first kappa shape index (κ1) is 20.4. The van der Waals surface area contributed by atoms with Crippen molar-refractivity contribution < 1.29 is 18.7 Å². The minimum atomic E-state index is -0.670. The summed E-state index contributed by atoms with van der Waals surface area (Å²) in [6, 6.07) is 4.59. The molecule has 2 aliphatic rings. The molecule has 2 saturated heterocycles. The zero-order valence-corrected chi connectivity index (χ0v) is 16.2. The number of anilines is 2. The molecular weight excluding hydrogens is 377 g/mol. The Morgan fingerprint density at radius 2 is 2.10 bits per heavy atom. The van der Waals surface area contributed by atoms with E-state index in [1.807, 2.05) is 4.90 Å². The van der Waals surface area contributed by atoms with Crippen LogP contribution in [0.2, 0.25) is 0 Å². The summed E-state index contributed by atoms with van der Waals surface area (Å²) in [6.45, 7) is 17.4. The van der Waals surface area contributed by atoms with Gasteiger partial charge in [-0.1, -0.05) is 0 Å². The Morgan fingerprint density at radius 3 is 2.69 bits per heavy atom. The third kappa shape index (κ3) is 4.40. The van der Waals surface area contributed by atoms with Crippen molar-refractivity contribution in [3.8, 4) is 0 Å². The summed E-state index contributed by atoms with van der Waals surface area (Å²) in [5.41, 5.74) is 0.135. The molecule has 0 spiro atoms. The zero-order valence-electron chi connectivity index (χ0n) is 16.2. The van der Waals surface area contributed by atoms with Gasteiger partial charge in [0.2, 0.25) is 5.91 Å². The molecule has 2 fully saturated rings. The van der Waals surface area contributed by atoms with Gasteiger partial charge in [-0.15, -0.1) is 0 Å². The van der Waals surface area contributed by atoms with Gasteiger partial charge in [-0.05, 0) is 18.2 Å². The summed E-state index contributed by atoms with van der Waals surface area (Å²) in [4.78, 5) is 33.4. The summed E-state index contributed by atoms with van der Waals surface area (Å²) in [6.07, 6.45) is -0.0286.